The van der Waals surface area contributed by atoms with Gasteiger partial charge in [-0.15, -0.1) is 0 Å². The highest BCUT2D eigenvalue weighted by Gasteiger charge is 2.16. The summed E-state index contributed by atoms with van der Waals surface area (Å²) in [5.41, 5.74) is 0.668. The van der Waals surface area contributed by atoms with Crippen LogP contribution in [0.3, 0.4) is 0 Å². The summed E-state index contributed by atoms with van der Waals surface area (Å²) in [5.74, 6) is 0.820. The minimum atomic E-state index is 0.668. The van der Waals surface area contributed by atoms with Crippen molar-refractivity contribution >= 4 is 28.0 Å². The molecule has 1 aliphatic rings. The van der Waals surface area contributed by atoms with Crippen LogP contribution in [-0.4, -0.2) is 24.4 Å². The van der Waals surface area contributed by atoms with E-state index in [1.807, 2.05) is 6.07 Å². The predicted molar refractivity (Wildman–Crippen MR) is 58.8 cm³/mol. The van der Waals surface area contributed by atoms with Gasteiger partial charge in [-0.05, 0) is 34.8 Å². The van der Waals surface area contributed by atoms with Crippen molar-refractivity contribution in [3.05, 3.63) is 22.3 Å². The van der Waals surface area contributed by atoms with Gasteiger partial charge in [0.1, 0.15) is 5.82 Å². The van der Waals surface area contributed by atoms with Crippen LogP contribution in [-0.2, 0) is 0 Å². The number of anilines is 1. The number of halogens is 1. The lowest BCUT2D eigenvalue weighted by Crippen LogP contribution is -2.20. The lowest BCUT2D eigenvalue weighted by atomic mass is 10.2. The van der Waals surface area contributed by atoms with Crippen LogP contribution in [0.25, 0.3) is 0 Å². The maximum atomic E-state index is 10.8. The number of pyridine rings is 1. The first-order chi connectivity index (χ1) is 6.81. The van der Waals surface area contributed by atoms with Gasteiger partial charge in [-0.1, -0.05) is 0 Å². The second-order valence-electron chi connectivity index (χ2n) is 3.38. The van der Waals surface area contributed by atoms with Crippen molar-refractivity contribution in [1.29, 1.82) is 0 Å². The molecule has 0 radical (unpaired) electrons. The molecule has 0 saturated carbocycles. The maximum Gasteiger partial charge on any atom is 0.153 e. The second-order valence-corrected chi connectivity index (χ2v) is 4.29. The average molecular weight is 255 g/mol. The minimum absolute atomic E-state index is 0.668. The number of rotatable bonds is 2. The molecule has 1 fully saturated rings. The summed E-state index contributed by atoms with van der Waals surface area (Å²) in [6, 6.07) is 1.81. The molecule has 1 aromatic heterocycles. The van der Waals surface area contributed by atoms with Crippen molar-refractivity contribution in [3.63, 3.8) is 0 Å². The fraction of sp³-hybridized carbons (Fsp3) is 0.400. The van der Waals surface area contributed by atoms with Gasteiger partial charge in [-0.25, -0.2) is 4.98 Å². The lowest BCUT2D eigenvalue weighted by Gasteiger charge is -2.17. The van der Waals surface area contributed by atoms with Crippen molar-refractivity contribution in [2.75, 3.05) is 18.0 Å². The summed E-state index contributed by atoms with van der Waals surface area (Å²) in [4.78, 5) is 17.3. The Morgan fingerprint density at radius 2 is 2.14 bits per heavy atom. The first kappa shape index (κ1) is 9.65. The molecule has 0 N–H and O–H groups in total. The largest absolute Gasteiger partial charge is 0.356 e. The van der Waals surface area contributed by atoms with Gasteiger partial charge in [-0.2, -0.15) is 0 Å². The molecular formula is C10H11BrN2O. The van der Waals surface area contributed by atoms with Gasteiger partial charge in [0.15, 0.2) is 6.29 Å². The molecule has 0 bridgehead atoms. The fourth-order valence-corrected chi connectivity index (χ4v) is 2.08. The smallest absolute Gasteiger partial charge is 0.153 e. The third-order valence-corrected chi connectivity index (χ3v) is 2.83. The first-order valence-corrected chi connectivity index (χ1v) is 5.46. The number of hydrogen-bond donors (Lipinski definition) is 0. The van der Waals surface area contributed by atoms with Crippen molar-refractivity contribution < 1.29 is 4.79 Å². The summed E-state index contributed by atoms with van der Waals surface area (Å²) in [6.07, 6.45) is 4.98. The standard InChI is InChI=1S/C10H11BrN2O/c11-9-5-8(7-14)10(12-6-9)13-3-1-2-4-13/h5-7H,1-4H2. The molecule has 0 aromatic carbocycles. The Morgan fingerprint density at radius 1 is 1.43 bits per heavy atom. The molecule has 1 aliphatic heterocycles. The summed E-state index contributed by atoms with van der Waals surface area (Å²) in [5, 5.41) is 0. The lowest BCUT2D eigenvalue weighted by molar-refractivity contribution is 0.112. The number of hydrogen-bond acceptors (Lipinski definition) is 3. The molecule has 0 amide bonds. The zero-order valence-electron chi connectivity index (χ0n) is 7.74. The number of aldehydes is 1. The summed E-state index contributed by atoms with van der Waals surface area (Å²) >= 11 is 3.31. The highest BCUT2D eigenvalue weighted by Crippen LogP contribution is 2.23. The summed E-state index contributed by atoms with van der Waals surface area (Å²) in [7, 11) is 0. The zero-order valence-corrected chi connectivity index (χ0v) is 9.33. The third-order valence-electron chi connectivity index (χ3n) is 2.39. The van der Waals surface area contributed by atoms with E-state index in [2.05, 4.69) is 25.8 Å². The Kier molecular flexibility index (Phi) is 2.82. The molecule has 1 aromatic rings. The molecule has 2 rings (SSSR count). The first-order valence-electron chi connectivity index (χ1n) is 4.67. The quantitative estimate of drug-likeness (QED) is 0.760. The average Bonchev–Trinajstić information content (AvgIpc) is 2.70. The molecule has 1 saturated heterocycles. The predicted octanol–water partition coefficient (Wildman–Crippen LogP) is 2.26. The second kappa shape index (κ2) is 4.09. The van der Waals surface area contributed by atoms with Crippen LogP contribution in [0.1, 0.15) is 23.2 Å². The van der Waals surface area contributed by atoms with Gasteiger partial charge in [0.05, 0.1) is 5.56 Å². The third kappa shape index (κ3) is 1.80. The van der Waals surface area contributed by atoms with Gasteiger partial charge in [0.25, 0.3) is 0 Å². The number of nitrogens with zero attached hydrogens (tertiary/aromatic N) is 2. The maximum absolute atomic E-state index is 10.8. The van der Waals surface area contributed by atoms with E-state index in [4.69, 9.17) is 0 Å². The summed E-state index contributed by atoms with van der Waals surface area (Å²) < 4.78 is 0.850. The van der Waals surface area contributed by atoms with Gasteiger partial charge in [0.2, 0.25) is 0 Å². The molecule has 74 valence electrons. The number of aromatic nitrogens is 1. The molecule has 0 aliphatic carbocycles. The molecule has 0 atom stereocenters. The molecule has 4 heteroatoms. The van der Waals surface area contributed by atoms with Crippen LogP contribution in [0.2, 0.25) is 0 Å². The zero-order chi connectivity index (χ0) is 9.97. The fourth-order valence-electron chi connectivity index (χ4n) is 1.73. The molecule has 0 spiro atoms. The van der Waals surface area contributed by atoms with Crippen molar-refractivity contribution in [2.24, 2.45) is 0 Å². The van der Waals surface area contributed by atoms with Gasteiger partial charge >= 0.3 is 0 Å². The van der Waals surface area contributed by atoms with Crippen LogP contribution in [0.5, 0.6) is 0 Å². The Morgan fingerprint density at radius 3 is 2.79 bits per heavy atom. The Balaban J connectivity index is 2.35. The van der Waals surface area contributed by atoms with E-state index in [0.717, 1.165) is 29.7 Å². The van der Waals surface area contributed by atoms with Crippen LogP contribution >= 0.6 is 15.9 Å². The SMILES string of the molecule is O=Cc1cc(Br)cnc1N1CCCC1. The van der Waals surface area contributed by atoms with Crippen LogP contribution in [0.15, 0.2) is 16.7 Å². The van der Waals surface area contributed by atoms with E-state index in [-0.39, 0.29) is 0 Å². The molecule has 14 heavy (non-hydrogen) atoms. The number of carbonyl (C=O) groups is 1. The molecule has 3 nitrogen and oxygen atoms in total. The van der Waals surface area contributed by atoms with E-state index in [1.54, 1.807) is 6.20 Å². The van der Waals surface area contributed by atoms with Crippen LogP contribution < -0.4 is 4.90 Å². The monoisotopic (exact) mass is 254 g/mol. The van der Waals surface area contributed by atoms with Gasteiger partial charge in [0, 0.05) is 23.8 Å². The van der Waals surface area contributed by atoms with E-state index in [1.165, 1.54) is 12.8 Å². The van der Waals surface area contributed by atoms with E-state index < -0.39 is 0 Å². The van der Waals surface area contributed by atoms with E-state index >= 15 is 0 Å². The summed E-state index contributed by atoms with van der Waals surface area (Å²) in [6.45, 7) is 2.02. The molecule has 2 heterocycles. The Labute approximate surface area is 91.3 Å². The highest BCUT2D eigenvalue weighted by molar-refractivity contribution is 9.10. The van der Waals surface area contributed by atoms with E-state index in [9.17, 15) is 4.79 Å². The highest BCUT2D eigenvalue weighted by atomic mass is 79.9. The van der Waals surface area contributed by atoms with Crippen molar-refractivity contribution in [2.45, 2.75) is 12.8 Å². The van der Waals surface area contributed by atoms with Gasteiger partial charge < -0.3 is 4.90 Å². The Bertz CT molecular complexity index is 348. The Hall–Kier alpha value is -0.900. The van der Waals surface area contributed by atoms with Crippen LogP contribution in [0, 0.1) is 0 Å². The normalized spacial score (nSPS) is 15.9. The van der Waals surface area contributed by atoms with Crippen molar-refractivity contribution in [3.8, 4) is 0 Å². The topological polar surface area (TPSA) is 33.2 Å². The molecule has 0 unspecified atom stereocenters. The molecular weight excluding hydrogens is 244 g/mol. The number of carbonyl (C=O) groups excluding carboxylic acids is 1. The van der Waals surface area contributed by atoms with Crippen molar-refractivity contribution in [1.82, 2.24) is 4.98 Å². The minimum Gasteiger partial charge on any atom is -0.356 e. The van der Waals surface area contributed by atoms with E-state index in [0.29, 0.717) is 5.56 Å². The van der Waals surface area contributed by atoms with Gasteiger partial charge in [-0.3, -0.25) is 4.79 Å². The van der Waals surface area contributed by atoms with Crippen LogP contribution in [0.4, 0.5) is 5.82 Å².